The number of halogens is 7. The Morgan fingerprint density at radius 1 is 0.758 bits per heavy atom. The van der Waals surface area contributed by atoms with Gasteiger partial charge in [0.1, 0.15) is 23.2 Å². The SMILES string of the molecule is Fc1cc(-c2ccc(C3CCCC3)cc2)ccc1C(F)(F)Oc1cc(F)c(C(F)F)c(F)c1. The monoisotopic (exact) mass is 468 g/mol. The van der Waals surface area contributed by atoms with E-state index in [1.165, 1.54) is 24.5 Å². The fourth-order valence-corrected chi connectivity index (χ4v) is 4.17. The molecule has 0 saturated heterocycles. The first-order valence-electron chi connectivity index (χ1n) is 10.4. The minimum absolute atomic E-state index is 0.205. The van der Waals surface area contributed by atoms with Gasteiger partial charge < -0.3 is 4.74 Å². The van der Waals surface area contributed by atoms with Gasteiger partial charge in [-0.3, -0.25) is 0 Å². The van der Waals surface area contributed by atoms with E-state index in [1.807, 2.05) is 12.1 Å². The van der Waals surface area contributed by atoms with Crippen LogP contribution in [-0.2, 0) is 6.11 Å². The highest BCUT2D eigenvalue weighted by molar-refractivity contribution is 5.64. The molecule has 4 rings (SSSR count). The maximum Gasteiger partial charge on any atom is 0.429 e. The lowest BCUT2D eigenvalue weighted by Crippen LogP contribution is -2.23. The van der Waals surface area contributed by atoms with Gasteiger partial charge in [0.25, 0.3) is 6.43 Å². The normalized spacial score (nSPS) is 14.8. The van der Waals surface area contributed by atoms with Gasteiger partial charge in [0.05, 0.1) is 11.1 Å². The molecule has 0 amide bonds. The summed E-state index contributed by atoms with van der Waals surface area (Å²) in [5.74, 6) is -5.33. The molecular formula is C25H19F7O. The van der Waals surface area contributed by atoms with E-state index in [0.717, 1.165) is 25.0 Å². The molecule has 0 unspecified atom stereocenters. The van der Waals surface area contributed by atoms with Crippen molar-refractivity contribution in [3.05, 3.63) is 88.7 Å². The van der Waals surface area contributed by atoms with Crippen LogP contribution >= 0.6 is 0 Å². The van der Waals surface area contributed by atoms with Crippen LogP contribution in [0.1, 0.15) is 54.7 Å². The molecule has 0 heterocycles. The Morgan fingerprint density at radius 3 is 1.88 bits per heavy atom. The Labute approximate surface area is 185 Å². The lowest BCUT2D eigenvalue weighted by atomic mass is 9.95. The molecule has 0 N–H and O–H groups in total. The fourth-order valence-electron chi connectivity index (χ4n) is 4.17. The van der Waals surface area contributed by atoms with Crippen molar-refractivity contribution in [2.75, 3.05) is 0 Å². The van der Waals surface area contributed by atoms with Gasteiger partial charge in [-0.05, 0) is 47.6 Å². The van der Waals surface area contributed by atoms with Crippen LogP contribution in [0.25, 0.3) is 11.1 Å². The van der Waals surface area contributed by atoms with Crippen molar-refractivity contribution < 1.29 is 35.5 Å². The largest absolute Gasteiger partial charge is 0.429 e. The van der Waals surface area contributed by atoms with Crippen molar-refractivity contribution in [2.24, 2.45) is 0 Å². The Balaban J connectivity index is 1.55. The second-order valence-corrected chi connectivity index (χ2v) is 8.02. The average Bonchev–Trinajstić information content (AvgIpc) is 3.27. The molecule has 0 bridgehead atoms. The Hall–Kier alpha value is -3.03. The summed E-state index contributed by atoms with van der Waals surface area (Å²) in [6, 6.07) is 10.9. The quantitative estimate of drug-likeness (QED) is 0.330. The Morgan fingerprint density at radius 2 is 1.33 bits per heavy atom. The average molecular weight is 468 g/mol. The van der Waals surface area contributed by atoms with E-state index in [-0.39, 0.29) is 12.1 Å². The number of benzene rings is 3. The number of hydrogen-bond donors (Lipinski definition) is 0. The van der Waals surface area contributed by atoms with Gasteiger partial charge in [-0.1, -0.05) is 43.2 Å². The van der Waals surface area contributed by atoms with Gasteiger partial charge >= 0.3 is 6.11 Å². The molecule has 3 aromatic rings. The van der Waals surface area contributed by atoms with Gasteiger partial charge in [-0.2, -0.15) is 8.78 Å². The summed E-state index contributed by atoms with van der Waals surface area (Å²) in [6.07, 6.45) is -3.17. The van der Waals surface area contributed by atoms with E-state index in [0.29, 0.717) is 17.0 Å². The fraction of sp³-hybridized carbons (Fsp3) is 0.280. The first kappa shape index (κ1) is 23.1. The van der Waals surface area contributed by atoms with Crippen molar-refractivity contribution in [1.29, 1.82) is 0 Å². The minimum Gasteiger partial charge on any atom is -0.429 e. The third-order valence-corrected chi connectivity index (χ3v) is 5.87. The zero-order chi connectivity index (χ0) is 23.8. The molecule has 0 radical (unpaired) electrons. The van der Waals surface area contributed by atoms with Crippen molar-refractivity contribution in [1.82, 2.24) is 0 Å². The summed E-state index contributed by atoms with van der Waals surface area (Å²) in [7, 11) is 0. The molecule has 1 aliphatic carbocycles. The van der Waals surface area contributed by atoms with Gasteiger partial charge in [-0.15, -0.1) is 0 Å². The van der Waals surface area contributed by atoms with Crippen LogP contribution < -0.4 is 4.74 Å². The van der Waals surface area contributed by atoms with E-state index >= 15 is 0 Å². The van der Waals surface area contributed by atoms with E-state index < -0.39 is 46.9 Å². The number of hydrogen-bond acceptors (Lipinski definition) is 1. The topological polar surface area (TPSA) is 9.23 Å². The molecule has 0 spiro atoms. The van der Waals surface area contributed by atoms with Gasteiger partial charge in [0.2, 0.25) is 0 Å². The van der Waals surface area contributed by atoms with E-state index in [4.69, 9.17) is 0 Å². The maximum atomic E-state index is 14.6. The van der Waals surface area contributed by atoms with Crippen molar-refractivity contribution in [3.63, 3.8) is 0 Å². The molecule has 0 atom stereocenters. The van der Waals surface area contributed by atoms with Crippen LogP contribution in [-0.4, -0.2) is 0 Å². The van der Waals surface area contributed by atoms with Crippen LogP contribution in [0, 0.1) is 17.5 Å². The standard InChI is InChI=1S/C25H19F7O/c26-20-11-17(16-7-5-15(6-8-16)14-3-1-2-4-14)9-10-19(20)25(31,32)33-18-12-21(27)23(24(29)30)22(28)13-18/h5-14,24H,1-4H2. The third-order valence-electron chi connectivity index (χ3n) is 5.87. The summed E-state index contributed by atoms with van der Waals surface area (Å²) < 4.78 is 101. The van der Waals surface area contributed by atoms with Crippen LogP contribution in [0.4, 0.5) is 30.7 Å². The van der Waals surface area contributed by atoms with E-state index in [1.54, 1.807) is 12.1 Å². The summed E-state index contributed by atoms with van der Waals surface area (Å²) in [5.41, 5.74) is -0.528. The molecule has 1 fully saturated rings. The van der Waals surface area contributed by atoms with Crippen LogP contribution in [0.3, 0.4) is 0 Å². The predicted octanol–water partition coefficient (Wildman–Crippen LogP) is 8.49. The van der Waals surface area contributed by atoms with Crippen molar-refractivity contribution in [2.45, 2.75) is 44.1 Å². The minimum atomic E-state index is -4.31. The second-order valence-electron chi connectivity index (χ2n) is 8.02. The zero-order valence-electron chi connectivity index (χ0n) is 17.2. The zero-order valence-corrected chi connectivity index (χ0v) is 17.2. The van der Waals surface area contributed by atoms with Crippen LogP contribution in [0.15, 0.2) is 54.6 Å². The number of ether oxygens (including phenoxy) is 1. The molecule has 1 aliphatic rings. The van der Waals surface area contributed by atoms with E-state index in [9.17, 15) is 30.7 Å². The molecule has 8 heteroatoms. The van der Waals surface area contributed by atoms with Gasteiger partial charge in [-0.25, -0.2) is 22.0 Å². The molecule has 1 nitrogen and oxygen atoms in total. The summed E-state index contributed by atoms with van der Waals surface area (Å²) in [5, 5.41) is 0. The summed E-state index contributed by atoms with van der Waals surface area (Å²) in [4.78, 5) is 0. The predicted molar refractivity (Wildman–Crippen MR) is 109 cm³/mol. The van der Waals surface area contributed by atoms with Crippen molar-refractivity contribution >= 4 is 0 Å². The van der Waals surface area contributed by atoms with Gasteiger partial charge in [0.15, 0.2) is 0 Å². The van der Waals surface area contributed by atoms with Crippen LogP contribution in [0.2, 0.25) is 0 Å². The molecule has 33 heavy (non-hydrogen) atoms. The summed E-state index contributed by atoms with van der Waals surface area (Å²) >= 11 is 0. The highest BCUT2D eigenvalue weighted by Gasteiger charge is 2.38. The highest BCUT2D eigenvalue weighted by Crippen LogP contribution is 2.38. The number of rotatable bonds is 6. The van der Waals surface area contributed by atoms with Crippen LogP contribution in [0.5, 0.6) is 5.75 Å². The van der Waals surface area contributed by atoms with Gasteiger partial charge in [0, 0.05) is 12.1 Å². The smallest absolute Gasteiger partial charge is 0.429 e. The van der Waals surface area contributed by atoms with E-state index in [2.05, 4.69) is 4.74 Å². The molecule has 0 aliphatic heterocycles. The molecule has 174 valence electrons. The highest BCUT2D eigenvalue weighted by atomic mass is 19.3. The Kier molecular flexibility index (Phi) is 6.36. The lowest BCUT2D eigenvalue weighted by molar-refractivity contribution is -0.187. The maximum absolute atomic E-state index is 14.6. The number of alkyl halides is 4. The third kappa shape index (κ3) is 4.84. The molecule has 0 aromatic heterocycles. The first-order chi connectivity index (χ1) is 15.7. The molecular weight excluding hydrogens is 449 g/mol. The first-order valence-corrected chi connectivity index (χ1v) is 10.4. The molecule has 3 aromatic carbocycles. The molecule has 1 saturated carbocycles. The lowest BCUT2D eigenvalue weighted by Gasteiger charge is -2.20. The Bertz CT molecular complexity index is 1110. The van der Waals surface area contributed by atoms with Crippen molar-refractivity contribution in [3.8, 4) is 16.9 Å². The summed E-state index contributed by atoms with van der Waals surface area (Å²) in [6.45, 7) is 0. The second kappa shape index (κ2) is 9.08.